The standard InChI is InChI=1S/C16H20O/c1-11-5-4-6-12(9-11)10-15(17)16-13-7-2-3-8-14(13)16/h4-6,9,13-14,16H,2-3,7-8,10H2,1H3. The highest BCUT2D eigenvalue weighted by Gasteiger charge is 2.53. The van der Waals surface area contributed by atoms with E-state index in [1.54, 1.807) is 0 Å². The molecular formula is C16H20O. The second-order valence-electron chi connectivity index (χ2n) is 5.77. The highest BCUT2D eigenvalue weighted by atomic mass is 16.1. The lowest BCUT2D eigenvalue weighted by Crippen LogP contribution is -2.07. The number of fused-ring (bicyclic) bond motifs is 1. The van der Waals surface area contributed by atoms with Crippen LogP contribution in [0.5, 0.6) is 0 Å². The van der Waals surface area contributed by atoms with Crippen LogP contribution in [-0.2, 0) is 11.2 Å². The molecule has 0 aliphatic heterocycles. The van der Waals surface area contributed by atoms with Gasteiger partial charge >= 0.3 is 0 Å². The average molecular weight is 228 g/mol. The van der Waals surface area contributed by atoms with Gasteiger partial charge in [0, 0.05) is 12.3 Å². The Hall–Kier alpha value is -1.11. The molecular weight excluding hydrogens is 208 g/mol. The molecule has 0 amide bonds. The third-order valence-electron chi connectivity index (χ3n) is 4.49. The van der Waals surface area contributed by atoms with Gasteiger partial charge in [-0.1, -0.05) is 42.7 Å². The quantitative estimate of drug-likeness (QED) is 0.773. The van der Waals surface area contributed by atoms with Crippen molar-refractivity contribution in [3.63, 3.8) is 0 Å². The lowest BCUT2D eigenvalue weighted by atomic mass is 10.0. The summed E-state index contributed by atoms with van der Waals surface area (Å²) in [4.78, 5) is 12.3. The Morgan fingerprint density at radius 2 is 1.94 bits per heavy atom. The summed E-state index contributed by atoms with van der Waals surface area (Å²) in [6, 6.07) is 8.36. The van der Waals surface area contributed by atoms with E-state index >= 15 is 0 Å². The minimum Gasteiger partial charge on any atom is -0.299 e. The van der Waals surface area contributed by atoms with Crippen molar-refractivity contribution in [2.24, 2.45) is 17.8 Å². The molecule has 17 heavy (non-hydrogen) atoms. The van der Waals surface area contributed by atoms with Gasteiger partial charge in [0.1, 0.15) is 5.78 Å². The first kappa shape index (κ1) is 11.0. The third-order valence-corrected chi connectivity index (χ3v) is 4.49. The molecule has 2 unspecified atom stereocenters. The Labute approximate surface area is 103 Å². The molecule has 90 valence electrons. The van der Waals surface area contributed by atoms with Crippen molar-refractivity contribution in [3.8, 4) is 0 Å². The smallest absolute Gasteiger partial charge is 0.140 e. The van der Waals surface area contributed by atoms with Gasteiger partial charge in [-0.2, -0.15) is 0 Å². The summed E-state index contributed by atoms with van der Waals surface area (Å²) in [6.07, 6.45) is 5.94. The third kappa shape index (κ3) is 2.15. The van der Waals surface area contributed by atoms with Crippen molar-refractivity contribution in [1.29, 1.82) is 0 Å². The number of hydrogen-bond acceptors (Lipinski definition) is 1. The monoisotopic (exact) mass is 228 g/mol. The van der Waals surface area contributed by atoms with Crippen LogP contribution in [0.3, 0.4) is 0 Å². The van der Waals surface area contributed by atoms with Gasteiger partial charge in [-0.3, -0.25) is 4.79 Å². The minimum absolute atomic E-state index is 0.415. The van der Waals surface area contributed by atoms with Gasteiger partial charge in [-0.15, -0.1) is 0 Å². The van der Waals surface area contributed by atoms with E-state index in [1.807, 2.05) is 0 Å². The molecule has 0 bridgehead atoms. The molecule has 2 fully saturated rings. The molecule has 0 spiro atoms. The number of Topliss-reactive ketones (excluding diaryl/α,β-unsaturated/α-hetero) is 1. The van der Waals surface area contributed by atoms with Crippen LogP contribution >= 0.6 is 0 Å². The molecule has 0 saturated heterocycles. The summed E-state index contributed by atoms with van der Waals surface area (Å²) >= 11 is 0. The Bertz CT molecular complexity index is 423. The number of carbonyl (C=O) groups excluding carboxylic acids is 1. The number of hydrogen-bond donors (Lipinski definition) is 0. The van der Waals surface area contributed by atoms with E-state index < -0.39 is 0 Å². The molecule has 0 aromatic heterocycles. The molecule has 2 aliphatic carbocycles. The zero-order valence-electron chi connectivity index (χ0n) is 10.5. The van der Waals surface area contributed by atoms with E-state index in [-0.39, 0.29) is 0 Å². The van der Waals surface area contributed by atoms with Crippen molar-refractivity contribution in [3.05, 3.63) is 35.4 Å². The summed E-state index contributed by atoms with van der Waals surface area (Å²) in [5.41, 5.74) is 2.45. The maximum absolute atomic E-state index is 12.3. The SMILES string of the molecule is Cc1cccc(CC(=O)C2C3CCCCC32)c1. The van der Waals surface area contributed by atoms with E-state index in [2.05, 4.69) is 31.2 Å². The fraction of sp³-hybridized carbons (Fsp3) is 0.562. The molecule has 2 atom stereocenters. The van der Waals surface area contributed by atoms with Crippen LogP contribution in [0.4, 0.5) is 0 Å². The second-order valence-corrected chi connectivity index (χ2v) is 5.77. The van der Waals surface area contributed by atoms with Crippen LogP contribution in [0, 0.1) is 24.7 Å². The van der Waals surface area contributed by atoms with Gasteiger partial charge < -0.3 is 0 Å². The van der Waals surface area contributed by atoms with Crippen molar-refractivity contribution in [2.45, 2.75) is 39.0 Å². The Morgan fingerprint density at radius 1 is 1.24 bits per heavy atom. The van der Waals surface area contributed by atoms with Crippen molar-refractivity contribution < 1.29 is 4.79 Å². The van der Waals surface area contributed by atoms with E-state index in [9.17, 15) is 4.79 Å². The number of carbonyl (C=O) groups is 1. The first-order valence-corrected chi connectivity index (χ1v) is 6.84. The van der Waals surface area contributed by atoms with Gasteiger partial charge in [-0.05, 0) is 37.2 Å². The first-order chi connectivity index (χ1) is 8.25. The summed E-state index contributed by atoms with van der Waals surface area (Å²) < 4.78 is 0. The van der Waals surface area contributed by atoms with Crippen LogP contribution in [0.2, 0.25) is 0 Å². The number of aryl methyl sites for hydroxylation is 1. The highest BCUT2D eigenvalue weighted by molar-refractivity contribution is 5.86. The van der Waals surface area contributed by atoms with Crippen LogP contribution in [-0.4, -0.2) is 5.78 Å². The lowest BCUT2D eigenvalue weighted by Gasteiger charge is -2.04. The number of benzene rings is 1. The predicted molar refractivity (Wildman–Crippen MR) is 68.8 cm³/mol. The summed E-state index contributed by atoms with van der Waals surface area (Å²) in [5.74, 6) is 2.41. The van der Waals surface area contributed by atoms with Crippen LogP contribution in [0.25, 0.3) is 0 Å². The molecule has 0 radical (unpaired) electrons. The molecule has 1 aromatic carbocycles. The Kier molecular flexibility index (Phi) is 2.78. The second kappa shape index (κ2) is 4.29. The number of ketones is 1. The van der Waals surface area contributed by atoms with E-state index in [0.717, 1.165) is 11.8 Å². The number of rotatable bonds is 3. The largest absolute Gasteiger partial charge is 0.299 e. The topological polar surface area (TPSA) is 17.1 Å². The van der Waals surface area contributed by atoms with Crippen molar-refractivity contribution >= 4 is 5.78 Å². The zero-order chi connectivity index (χ0) is 11.8. The van der Waals surface area contributed by atoms with Gasteiger partial charge in [0.25, 0.3) is 0 Å². The molecule has 0 N–H and O–H groups in total. The maximum Gasteiger partial charge on any atom is 0.140 e. The average Bonchev–Trinajstić information content (AvgIpc) is 3.03. The van der Waals surface area contributed by atoms with Gasteiger partial charge in [0.15, 0.2) is 0 Å². The minimum atomic E-state index is 0.415. The van der Waals surface area contributed by atoms with E-state index in [0.29, 0.717) is 18.1 Å². The zero-order valence-corrected chi connectivity index (χ0v) is 10.5. The molecule has 1 aromatic rings. The maximum atomic E-state index is 12.3. The van der Waals surface area contributed by atoms with Gasteiger partial charge in [0.05, 0.1) is 0 Å². The molecule has 2 aliphatic rings. The van der Waals surface area contributed by atoms with Crippen molar-refractivity contribution in [2.75, 3.05) is 0 Å². The van der Waals surface area contributed by atoms with Gasteiger partial charge in [-0.25, -0.2) is 0 Å². The lowest BCUT2D eigenvalue weighted by molar-refractivity contribution is -0.120. The molecule has 3 rings (SSSR count). The van der Waals surface area contributed by atoms with Gasteiger partial charge in [0.2, 0.25) is 0 Å². The summed E-state index contributed by atoms with van der Waals surface area (Å²) in [6.45, 7) is 2.09. The molecule has 0 heterocycles. The Balaban J connectivity index is 1.64. The molecule has 1 nitrogen and oxygen atoms in total. The van der Waals surface area contributed by atoms with Crippen LogP contribution in [0.1, 0.15) is 36.8 Å². The summed E-state index contributed by atoms with van der Waals surface area (Å²) in [7, 11) is 0. The fourth-order valence-corrected chi connectivity index (χ4v) is 3.61. The fourth-order valence-electron chi connectivity index (χ4n) is 3.61. The molecule has 2 saturated carbocycles. The highest BCUT2D eigenvalue weighted by Crippen LogP contribution is 2.55. The van der Waals surface area contributed by atoms with E-state index in [1.165, 1.54) is 36.8 Å². The first-order valence-electron chi connectivity index (χ1n) is 6.84. The Morgan fingerprint density at radius 3 is 2.59 bits per heavy atom. The van der Waals surface area contributed by atoms with Crippen LogP contribution < -0.4 is 0 Å². The normalized spacial score (nSPS) is 30.8. The summed E-state index contributed by atoms with van der Waals surface area (Å²) in [5, 5.41) is 0. The predicted octanol–water partition coefficient (Wildman–Crippen LogP) is 3.54. The molecule has 1 heteroatoms. The van der Waals surface area contributed by atoms with Crippen LogP contribution in [0.15, 0.2) is 24.3 Å². The van der Waals surface area contributed by atoms with Crippen molar-refractivity contribution in [1.82, 2.24) is 0 Å². The van der Waals surface area contributed by atoms with E-state index in [4.69, 9.17) is 0 Å².